The van der Waals surface area contributed by atoms with Crippen LogP contribution in [0.1, 0.15) is 52.3 Å². The lowest BCUT2D eigenvalue weighted by Crippen LogP contribution is -2.68. The summed E-state index contributed by atoms with van der Waals surface area (Å²) in [5.74, 6) is -1.59. The van der Waals surface area contributed by atoms with E-state index in [4.69, 9.17) is 23.7 Å². The fourth-order valence-corrected chi connectivity index (χ4v) is 4.98. The summed E-state index contributed by atoms with van der Waals surface area (Å²) < 4.78 is 30.3. The average Bonchev–Trinajstić information content (AvgIpc) is 3.16. The van der Waals surface area contributed by atoms with E-state index in [1.54, 1.807) is 30.3 Å². The molecule has 9 nitrogen and oxygen atoms in total. The van der Waals surface area contributed by atoms with E-state index in [1.807, 2.05) is 30.3 Å². The van der Waals surface area contributed by atoms with Crippen LogP contribution in [0.3, 0.4) is 0 Å². The van der Waals surface area contributed by atoms with Crippen LogP contribution >= 0.6 is 0 Å². The van der Waals surface area contributed by atoms with Gasteiger partial charge in [-0.15, -0.1) is 6.58 Å². The number of benzene rings is 2. The molecule has 0 N–H and O–H groups in total. The van der Waals surface area contributed by atoms with Crippen LogP contribution in [0.2, 0.25) is 0 Å². The molecule has 0 bridgehead atoms. The van der Waals surface area contributed by atoms with Crippen molar-refractivity contribution >= 4 is 17.8 Å². The van der Waals surface area contributed by atoms with Gasteiger partial charge in [-0.2, -0.15) is 0 Å². The van der Waals surface area contributed by atoms with Gasteiger partial charge in [0.2, 0.25) is 0 Å². The Hall–Kier alpha value is -3.37. The van der Waals surface area contributed by atoms with E-state index in [-0.39, 0.29) is 24.3 Å². The molecule has 5 rings (SSSR count). The minimum Gasteiger partial charge on any atom is -0.457 e. The van der Waals surface area contributed by atoms with Gasteiger partial charge in [0.15, 0.2) is 18.7 Å². The first-order valence-corrected chi connectivity index (χ1v) is 12.3. The molecule has 3 aliphatic heterocycles. The Labute approximate surface area is 214 Å². The van der Waals surface area contributed by atoms with Gasteiger partial charge in [-0.05, 0) is 25.0 Å². The van der Waals surface area contributed by atoms with E-state index >= 15 is 0 Å². The summed E-state index contributed by atoms with van der Waals surface area (Å²) >= 11 is 0. The molecule has 0 saturated carbocycles. The third-order valence-electron chi connectivity index (χ3n) is 6.64. The molecule has 0 aromatic heterocycles. The lowest BCUT2D eigenvalue weighted by molar-refractivity contribution is -0.349. The van der Waals surface area contributed by atoms with Gasteiger partial charge in [-0.3, -0.25) is 19.3 Å². The maximum Gasteiger partial charge on any atom is 0.303 e. The van der Waals surface area contributed by atoms with E-state index in [9.17, 15) is 14.4 Å². The fourth-order valence-electron chi connectivity index (χ4n) is 4.98. The number of carbonyl (C=O) groups is 3. The Morgan fingerprint density at radius 2 is 1.73 bits per heavy atom. The van der Waals surface area contributed by atoms with Gasteiger partial charge in [-0.25, -0.2) is 0 Å². The Kier molecular flexibility index (Phi) is 7.48. The van der Waals surface area contributed by atoms with E-state index in [1.165, 1.54) is 6.92 Å². The molecule has 2 amide bonds. The van der Waals surface area contributed by atoms with Crippen molar-refractivity contribution < 1.29 is 38.1 Å². The van der Waals surface area contributed by atoms with Crippen LogP contribution < -0.4 is 0 Å². The number of rotatable bonds is 8. The number of nitrogens with zero attached hydrogens (tertiary/aromatic N) is 1. The number of allylic oxidation sites excluding steroid dienone is 1. The molecule has 0 spiro atoms. The van der Waals surface area contributed by atoms with Crippen molar-refractivity contribution in [3.8, 4) is 0 Å². The summed E-state index contributed by atoms with van der Waals surface area (Å²) in [5, 5.41) is 0. The molecule has 3 aliphatic rings. The summed E-state index contributed by atoms with van der Waals surface area (Å²) in [5.41, 5.74) is 1.33. The number of carbonyl (C=O) groups excluding carboxylic acids is 3. The van der Waals surface area contributed by atoms with Crippen molar-refractivity contribution in [1.29, 1.82) is 0 Å². The Morgan fingerprint density at radius 1 is 1.05 bits per heavy atom. The van der Waals surface area contributed by atoms with Crippen LogP contribution in [0.15, 0.2) is 67.3 Å². The highest BCUT2D eigenvalue weighted by Crippen LogP contribution is 2.39. The maximum absolute atomic E-state index is 13.5. The summed E-state index contributed by atoms with van der Waals surface area (Å²) in [6.07, 6.45) is -1.15. The molecule has 6 atom stereocenters. The second kappa shape index (κ2) is 10.9. The molecule has 2 fully saturated rings. The lowest BCUT2D eigenvalue weighted by Gasteiger charge is -2.50. The van der Waals surface area contributed by atoms with Crippen molar-refractivity contribution in [3.63, 3.8) is 0 Å². The Bertz CT molecular complexity index is 1130. The first-order chi connectivity index (χ1) is 18.0. The zero-order valence-corrected chi connectivity index (χ0v) is 20.5. The van der Waals surface area contributed by atoms with Crippen LogP contribution in [-0.2, 0) is 28.5 Å². The summed E-state index contributed by atoms with van der Waals surface area (Å²) in [6, 6.07) is 14.8. The monoisotopic (exact) mass is 507 g/mol. The minimum absolute atomic E-state index is 0.142. The Balaban J connectivity index is 1.50. The molecular weight excluding hydrogens is 478 g/mol. The van der Waals surface area contributed by atoms with Crippen LogP contribution in [0.4, 0.5) is 0 Å². The van der Waals surface area contributed by atoms with Crippen molar-refractivity contribution in [3.05, 3.63) is 83.9 Å². The van der Waals surface area contributed by atoms with Crippen LogP contribution in [0.25, 0.3) is 0 Å². The van der Waals surface area contributed by atoms with Gasteiger partial charge >= 0.3 is 5.97 Å². The SMILES string of the molecule is C=CCCCO[C@@H]1O[C@@H]2COC(c3ccccc3)O[C@H]2[C@H](OC(C)=O)[C@H]1N1C(=O)c2ccccc2C1=O. The number of esters is 1. The van der Waals surface area contributed by atoms with Gasteiger partial charge in [0.25, 0.3) is 11.8 Å². The first kappa shape index (κ1) is 25.3. The van der Waals surface area contributed by atoms with E-state index in [2.05, 4.69) is 6.58 Å². The van der Waals surface area contributed by atoms with Crippen molar-refractivity contribution in [2.45, 2.75) is 56.7 Å². The quantitative estimate of drug-likeness (QED) is 0.232. The number of hydrogen-bond acceptors (Lipinski definition) is 8. The molecule has 2 aromatic carbocycles. The van der Waals surface area contributed by atoms with Crippen LogP contribution in [-0.4, -0.2) is 66.5 Å². The van der Waals surface area contributed by atoms with Gasteiger partial charge in [0, 0.05) is 12.5 Å². The number of imide groups is 1. The molecule has 2 saturated heterocycles. The number of unbranched alkanes of at least 4 members (excludes halogenated alkanes) is 1. The topological polar surface area (TPSA) is 101 Å². The highest BCUT2D eigenvalue weighted by Gasteiger charge is 2.57. The van der Waals surface area contributed by atoms with Gasteiger partial charge in [-0.1, -0.05) is 48.5 Å². The molecule has 194 valence electrons. The summed E-state index contributed by atoms with van der Waals surface area (Å²) in [6.45, 7) is 5.43. The number of hydrogen-bond donors (Lipinski definition) is 0. The number of amides is 2. The summed E-state index contributed by atoms with van der Waals surface area (Å²) in [4.78, 5) is 40.3. The lowest BCUT2D eigenvalue weighted by atomic mass is 9.94. The number of fused-ring (bicyclic) bond motifs is 2. The molecule has 0 radical (unpaired) electrons. The largest absolute Gasteiger partial charge is 0.457 e. The second-order valence-electron chi connectivity index (χ2n) is 9.11. The molecule has 0 aliphatic carbocycles. The Morgan fingerprint density at radius 3 is 2.38 bits per heavy atom. The van der Waals surface area contributed by atoms with E-state index in [0.717, 1.165) is 16.9 Å². The van der Waals surface area contributed by atoms with Gasteiger partial charge < -0.3 is 23.7 Å². The normalized spacial score (nSPS) is 28.9. The number of ether oxygens (including phenoxy) is 5. The first-order valence-electron chi connectivity index (χ1n) is 12.3. The van der Waals surface area contributed by atoms with E-state index < -0.39 is 54.7 Å². The molecule has 9 heteroatoms. The zero-order valence-electron chi connectivity index (χ0n) is 20.5. The van der Waals surface area contributed by atoms with Crippen LogP contribution in [0.5, 0.6) is 0 Å². The van der Waals surface area contributed by atoms with E-state index in [0.29, 0.717) is 6.42 Å². The molecule has 3 heterocycles. The van der Waals surface area contributed by atoms with Crippen LogP contribution in [0, 0.1) is 0 Å². The van der Waals surface area contributed by atoms with Crippen molar-refractivity contribution in [2.24, 2.45) is 0 Å². The average molecular weight is 508 g/mol. The minimum atomic E-state index is -1.07. The molecule has 37 heavy (non-hydrogen) atoms. The highest BCUT2D eigenvalue weighted by atomic mass is 16.8. The van der Waals surface area contributed by atoms with Gasteiger partial charge in [0.1, 0.15) is 18.2 Å². The molecular formula is C28H29NO8. The molecule has 1 unspecified atom stereocenters. The standard InChI is InChI=1S/C28H29NO8/c1-3-4-10-15-33-28-22(29-25(31)19-13-8-9-14-20(19)26(29)32)24(35-17(2)30)23-21(36-28)16-34-27(37-23)18-11-6-5-7-12-18/h3,5-9,11-14,21-24,27-28H,1,4,10,15-16H2,2H3/t21-,22-,23-,24-,27?,28-/m1/s1. The van der Waals surface area contributed by atoms with Gasteiger partial charge in [0.05, 0.1) is 24.3 Å². The fraction of sp³-hybridized carbons (Fsp3) is 0.393. The maximum atomic E-state index is 13.5. The highest BCUT2D eigenvalue weighted by molar-refractivity contribution is 6.21. The molecule has 2 aromatic rings. The summed E-state index contributed by atoms with van der Waals surface area (Å²) in [7, 11) is 0. The predicted molar refractivity (Wildman–Crippen MR) is 130 cm³/mol. The third-order valence-corrected chi connectivity index (χ3v) is 6.64. The third kappa shape index (κ3) is 4.95. The van der Waals surface area contributed by atoms with Crippen molar-refractivity contribution in [1.82, 2.24) is 4.90 Å². The zero-order chi connectivity index (χ0) is 25.9. The smallest absolute Gasteiger partial charge is 0.303 e. The predicted octanol–water partition coefficient (Wildman–Crippen LogP) is 3.40. The van der Waals surface area contributed by atoms with Crippen molar-refractivity contribution in [2.75, 3.05) is 13.2 Å². The second-order valence-corrected chi connectivity index (χ2v) is 9.11.